The number of carbonyl (C=O) groups is 2. The first-order valence-corrected chi connectivity index (χ1v) is 7.99. The maximum Gasteiger partial charge on any atom is 0.374 e. The molecule has 1 aromatic heterocycles. The minimum Gasteiger partial charge on any atom is -0.489 e. The van der Waals surface area contributed by atoms with E-state index < -0.39 is 5.97 Å². The molecular weight excluding hydrogens is 336 g/mol. The van der Waals surface area contributed by atoms with Crippen LogP contribution in [-0.4, -0.2) is 25.0 Å². The average molecular weight is 352 g/mol. The molecule has 0 aliphatic rings. The molecule has 2 aromatic carbocycles. The van der Waals surface area contributed by atoms with Crippen molar-refractivity contribution < 1.29 is 23.5 Å². The van der Waals surface area contributed by atoms with Gasteiger partial charge >= 0.3 is 5.97 Å². The van der Waals surface area contributed by atoms with E-state index in [-0.39, 0.29) is 30.2 Å². The molecule has 3 aromatic rings. The third-order valence-electron chi connectivity index (χ3n) is 3.68. The van der Waals surface area contributed by atoms with Crippen molar-refractivity contribution in [3.8, 4) is 5.75 Å². The van der Waals surface area contributed by atoms with Crippen LogP contribution in [0.1, 0.15) is 27.8 Å². The van der Waals surface area contributed by atoms with Crippen LogP contribution in [0.2, 0.25) is 0 Å². The molecule has 0 atom stereocenters. The van der Waals surface area contributed by atoms with Crippen molar-refractivity contribution in [3.63, 3.8) is 0 Å². The fraction of sp³-hybridized carbons (Fsp3) is 0.150. The highest BCUT2D eigenvalue weighted by molar-refractivity contribution is 5.96. The fourth-order valence-corrected chi connectivity index (χ4v) is 2.45. The first-order chi connectivity index (χ1) is 12.6. The Morgan fingerprint density at radius 2 is 1.73 bits per heavy atom. The van der Waals surface area contributed by atoms with Crippen LogP contribution in [-0.2, 0) is 4.74 Å². The summed E-state index contributed by atoms with van der Waals surface area (Å²) < 4.78 is 16.0. The highest BCUT2D eigenvalue weighted by atomic mass is 16.6. The van der Waals surface area contributed by atoms with Gasteiger partial charge in [0.25, 0.3) is 0 Å². The lowest BCUT2D eigenvalue weighted by Gasteiger charge is -2.10. The highest BCUT2D eigenvalue weighted by Crippen LogP contribution is 2.18. The number of ether oxygens (including phenoxy) is 2. The van der Waals surface area contributed by atoms with E-state index in [1.165, 1.54) is 6.92 Å². The van der Waals surface area contributed by atoms with Crippen LogP contribution in [0, 0.1) is 0 Å². The van der Waals surface area contributed by atoms with Gasteiger partial charge in [0.05, 0.1) is 10.9 Å². The number of rotatable bonds is 6. The Kier molecular flexibility index (Phi) is 5.12. The van der Waals surface area contributed by atoms with Crippen molar-refractivity contribution in [1.82, 2.24) is 0 Å². The number of benzene rings is 2. The Hall–Kier alpha value is -3.41. The molecule has 0 radical (unpaired) electrons. The van der Waals surface area contributed by atoms with E-state index in [1.807, 2.05) is 0 Å². The molecule has 6 heteroatoms. The number of hydrogen-bond donors (Lipinski definition) is 0. The summed E-state index contributed by atoms with van der Waals surface area (Å²) in [5.74, 6) is -0.613. The van der Waals surface area contributed by atoms with Crippen LogP contribution in [0.15, 0.2) is 63.8 Å². The fourth-order valence-electron chi connectivity index (χ4n) is 2.45. The second-order valence-corrected chi connectivity index (χ2v) is 5.51. The minimum atomic E-state index is -0.753. The summed E-state index contributed by atoms with van der Waals surface area (Å²) in [5, 5.41) is 0.397. The molecule has 0 spiro atoms. The molecule has 6 nitrogen and oxygen atoms in total. The van der Waals surface area contributed by atoms with Crippen molar-refractivity contribution in [2.75, 3.05) is 13.2 Å². The van der Waals surface area contributed by atoms with Crippen molar-refractivity contribution in [1.29, 1.82) is 0 Å². The van der Waals surface area contributed by atoms with Gasteiger partial charge in [0.1, 0.15) is 24.5 Å². The predicted octanol–water partition coefficient (Wildman–Crippen LogP) is 3.23. The highest BCUT2D eigenvalue weighted by Gasteiger charge is 2.14. The summed E-state index contributed by atoms with van der Waals surface area (Å²) in [4.78, 5) is 35.6. The van der Waals surface area contributed by atoms with E-state index in [0.717, 1.165) is 6.07 Å². The molecule has 3 rings (SSSR count). The lowest BCUT2D eigenvalue weighted by molar-refractivity contribution is 0.0414. The molecule has 0 N–H and O–H groups in total. The first-order valence-electron chi connectivity index (χ1n) is 7.99. The van der Waals surface area contributed by atoms with Crippen molar-refractivity contribution in [2.24, 2.45) is 0 Å². The Labute approximate surface area is 149 Å². The third kappa shape index (κ3) is 3.80. The first kappa shape index (κ1) is 17.4. The van der Waals surface area contributed by atoms with Crippen LogP contribution in [0.5, 0.6) is 5.75 Å². The number of Topliss-reactive ketones (excluding diaryl/α,β-unsaturated/α-hetero) is 1. The van der Waals surface area contributed by atoms with Crippen molar-refractivity contribution in [3.05, 3.63) is 76.1 Å². The normalized spacial score (nSPS) is 10.5. The van der Waals surface area contributed by atoms with Gasteiger partial charge in [-0.2, -0.15) is 0 Å². The molecule has 0 bridgehead atoms. The van der Waals surface area contributed by atoms with Crippen LogP contribution in [0.4, 0.5) is 0 Å². The number of carbonyl (C=O) groups excluding carboxylic acids is 2. The second kappa shape index (κ2) is 7.65. The number of fused-ring (bicyclic) bond motifs is 1. The summed E-state index contributed by atoms with van der Waals surface area (Å²) in [5.41, 5.74) is 0.461. The van der Waals surface area contributed by atoms with E-state index in [0.29, 0.717) is 22.3 Å². The number of para-hydroxylation sites is 2. The lowest BCUT2D eigenvalue weighted by Crippen LogP contribution is -2.15. The maximum atomic E-state index is 12.1. The standard InChI is InChI=1S/C20H16O6/c1-13(21)14-6-2-4-8-17(14)24-10-11-25-20(23)19-12-16(22)15-7-3-5-9-18(15)26-19/h2-9,12H,10-11H2,1H3. The van der Waals surface area contributed by atoms with Gasteiger partial charge in [0.2, 0.25) is 5.76 Å². The average Bonchev–Trinajstić information content (AvgIpc) is 2.65. The van der Waals surface area contributed by atoms with E-state index >= 15 is 0 Å². The molecule has 1 heterocycles. The monoisotopic (exact) mass is 352 g/mol. The van der Waals surface area contributed by atoms with E-state index in [9.17, 15) is 14.4 Å². The summed E-state index contributed by atoms with van der Waals surface area (Å²) >= 11 is 0. The molecule has 0 aliphatic carbocycles. The smallest absolute Gasteiger partial charge is 0.374 e. The van der Waals surface area contributed by atoms with Gasteiger partial charge < -0.3 is 13.9 Å². The van der Waals surface area contributed by atoms with E-state index in [2.05, 4.69) is 0 Å². The third-order valence-corrected chi connectivity index (χ3v) is 3.68. The quantitative estimate of drug-likeness (QED) is 0.385. The topological polar surface area (TPSA) is 82.8 Å². The van der Waals surface area contributed by atoms with Gasteiger partial charge in [-0.1, -0.05) is 24.3 Å². The Morgan fingerprint density at radius 1 is 1.00 bits per heavy atom. The Bertz CT molecular complexity index is 1020. The summed E-state index contributed by atoms with van der Waals surface area (Å²) in [6.07, 6.45) is 0. The van der Waals surface area contributed by atoms with Crippen molar-refractivity contribution in [2.45, 2.75) is 6.92 Å². The maximum absolute atomic E-state index is 12.1. The molecule has 132 valence electrons. The van der Waals surface area contributed by atoms with Gasteiger partial charge in [0.15, 0.2) is 11.2 Å². The molecular formula is C20H16O6. The zero-order valence-electron chi connectivity index (χ0n) is 14.1. The molecule has 0 fully saturated rings. The van der Waals surface area contributed by atoms with Crippen LogP contribution in [0.25, 0.3) is 11.0 Å². The summed E-state index contributed by atoms with van der Waals surface area (Å²) in [7, 11) is 0. The lowest BCUT2D eigenvalue weighted by atomic mass is 10.1. The Balaban J connectivity index is 1.62. The van der Waals surface area contributed by atoms with Crippen molar-refractivity contribution >= 4 is 22.7 Å². The SMILES string of the molecule is CC(=O)c1ccccc1OCCOC(=O)c1cc(=O)c2ccccc2o1. The predicted molar refractivity (Wildman–Crippen MR) is 94.7 cm³/mol. The van der Waals surface area contributed by atoms with Gasteiger partial charge in [-0.25, -0.2) is 4.79 Å². The summed E-state index contributed by atoms with van der Waals surface area (Å²) in [6, 6.07) is 14.6. The summed E-state index contributed by atoms with van der Waals surface area (Å²) in [6.45, 7) is 1.46. The minimum absolute atomic E-state index is 0.0540. The molecule has 0 amide bonds. The van der Waals surface area contributed by atoms with Crippen LogP contribution < -0.4 is 10.2 Å². The van der Waals surface area contributed by atoms with E-state index in [4.69, 9.17) is 13.9 Å². The van der Waals surface area contributed by atoms with Gasteiger partial charge in [-0.15, -0.1) is 0 Å². The molecule has 0 saturated heterocycles. The van der Waals surface area contributed by atoms with Gasteiger partial charge in [-0.3, -0.25) is 9.59 Å². The van der Waals surface area contributed by atoms with Gasteiger partial charge in [-0.05, 0) is 31.2 Å². The Morgan fingerprint density at radius 3 is 2.54 bits per heavy atom. The van der Waals surface area contributed by atoms with Crippen LogP contribution >= 0.6 is 0 Å². The van der Waals surface area contributed by atoms with Gasteiger partial charge in [0, 0.05) is 6.07 Å². The number of ketones is 1. The number of hydrogen-bond acceptors (Lipinski definition) is 6. The molecule has 26 heavy (non-hydrogen) atoms. The zero-order valence-corrected chi connectivity index (χ0v) is 14.1. The molecule has 0 saturated carbocycles. The largest absolute Gasteiger partial charge is 0.489 e. The molecule has 0 unspecified atom stereocenters. The van der Waals surface area contributed by atoms with Crippen LogP contribution in [0.3, 0.4) is 0 Å². The second-order valence-electron chi connectivity index (χ2n) is 5.51. The molecule has 0 aliphatic heterocycles. The zero-order chi connectivity index (χ0) is 18.5. The van der Waals surface area contributed by atoms with E-state index in [1.54, 1.807) is 48.5 Å². The number of esters is 1.